The molecule has 1 aliphatic rings. The molecule has 1 saturated heterocycles. The topological polar surface area (TPSA) is 82.8 Å². The number of furan rings is 1. The number of nitrogens with one attached hydrogen (secondary N) is 1. The summed E-state index contributed by atoms with van der Waals surface area (Å²) in [4.78, 5) is 25.8. The van der Waals surface area contributed by atoms with Crippen molar-refractivity contribution in [1.82, 2.24) is 10.2 Å². The number of likely N-dealkylation sites (tertiary alicyclic amines) is 1. The van der Waals surface area contributed by atoms with Crippen molar-refractivity contribution in [1.29, 1.82) is 0 Å². The average Bonchev–Trinajstić information content (AvgIpc) is 3.02. The Morgan fingerprint density at radius 1 is 1.23 bits per heavy atom. The summed E-state index contributed by atoms with van der Waals surface area (Å²) in [7, 11) is 0. The number of rotatable bonds is 6. The van der Waals surface area contributed by atoms with Crippen molar-refractivity contribution < 1.29 is 19.1 Å². The summed E-state index contributed by atoms with van der Waals surface area (Å²) in [5, 5.41) is 11.9. The molecule has 1 aromatic heterocycles. The van der Waals surface area contributed by atoms with Gasteiger partial charge in [-0.2, -0.15) is 0 Å². The standard InChI is InChI=1S/C20H24N2O4/c1-14-18(20(24)25)11-17(26-14)12-21-19(23)16-7-9-22(10-8-16)13-15-5-3-2-4-6-15/h2-6,11,16H,7-10,12-13H2,1H3,(H,21,23)(H,24,25). The summed E-state index contributed by atoms with van der Waals surface area (Å²) < 4.78 is 5.39. The number of aromatic carboxylic acids is 1. The van der Waals surface area contributed by atoms with E-state index in [1.807, 2.05) is 18.2 Å². The minimum Gasteiger partial charge on any atom is -0.478 e. The van der Waals surface area contributed by atoms with Crippen LogP contribution in [0.1, 0.15) is 40.3 Å². The van der Waals surface area contributed by atoms with E-state index in [0.29, 0.717) is 11.5 Å². The van der Waals surface area contributed by atoms with E-state index in [2.05, 4.69) is 22.3 Å². The summed E-state index contributed by atoms with van der Waals surface area (Å²) in [6, 6.07) is 11.8. The van der Waals surface area contributed by atoms with Crippen molar-refractivity contribution in [2.75, 3.05) is 13.1 Å². The Labute approximate surface area is 152 Å². The molecule has 1 amide bonds. The first-order valence-electron chi connectivity index (χ1n) is 8.89. The molecule has 2 aromatic rings. The smallest absolute Gasteiger partial charge is 0.339 e. The molecule has 0 bridgehead atoms. The number of nitrogens with zero attached hydrogens (tertiary/aromatic N) is 1. The van der Waals surface area contributed by atoms with Crippen LogP contribution in [0.15, 0.2) is 40.8 Å². The molecule has 0 unspecified atom stereocenters. The van der Waals surface area contributed by atoms with Gasteiger partial charge >= 0.3 is 5.97 Å². The van der Waals surface area contributed by atoms with Crippen molar-refractivity contribution >= 4 is 11.9 Å². The maximum absolute atomic E-state index is 12.4. The van der Waals surface area contributed by atoms with E-state index in [1.165, 1.54) is 11.6 Å². The second kappa shape index (κ2) is 8.19. The lowest BCUT2D eigenvalue weighted by atomic mass is 9.95. The third-order valence-corrected chi connectivity index (χ3v) is 4.84. The van der Waals surface area contributed by atoms with Gasteiger partial charge in [0, 0.05) is 12.5 Å². The summed E-state index contributed by atoms with van der Waals surface area (Å²) in [5.41, 5.74) is 1.43. The van der Waals surface area contributed by atoms with Crippen LogP contribution in [0, 0.1) is 12.8 Å². The largest absolute Gasteiger partial charge is 0.478 e. The van der Waals surface area contributed by atoms with Crippen LogP contribution in [0.3, 0.4) is 0 Å². The lowest BCUT2D eigenvalue weighted by Gasteiger charge is -2.31. The number of carbonyl (C=O) groups excluding carboxylic acids is 1. The van der Waals surface area contributed by atoms with E-state index < -0.39 is 5.97 Å². The van der Waals surface area contributed by atoms with E-state index in [-0.39, 0.29) is 23.9 Å². The van der Waals surface area contributed by atoms with E-state index in [0.717, 1.165) is 32.5 Å². The number of aryl methyl sites for hydroxylation is 1. The summed E-state index contributed by atoms with van der Waals surface area (Å²) in [6.45, 7) is 4.54. The SMILES string of the molecule is Cc1oc(CNC(=O)C2CCN(Cc3ccccc3)CC2)cc1C(=O)O. The summed E-state index contributed by atoms with van der Waals surface area (Å²) >= 11 is 0. The Morgan fingerprint density at radius 2 is 1.92 bits per heavy atom. The van der Waals surface area contributed by atoms with Gasteiger partial charge in [-0.15, -0.1) is 0 Å². The summed E-state index contributed by atoms with van der Waals surface area (Å²) in [5.74, 6) is -0.187. The maximum Gasteiger partial charge on any atom is 0.339 e. The van der Waals surface area contributed by atoms with Gasteiger partial charge in [-0.25, -0.2) is 4.79 Å². The van der Waals surface area contributed by atoms with Gasteiger partial charge in [0.1, 0.15) is 17.1 Å². The molecule has 26 heavy (non-hydrogen) atoms. The van der Waals surface area contributed by atoms with Gasteiger partial charge in [0.05, 0.1) is 6.54 Å². The normalized spacial score (nSPS) is 15.7. The fourth-order valence-electron chi connectivity index (χ4n) is 3.36. The molecular weight excluding hydrogens is 332 g/mol. The fourth-order valence-corrected chi connectivity index (χ4v) is 3.36. The molecule has 6 nitrogen and oxygen atoms in total. The Hall–Kier alpha value is -2.60. The Balaban J connectivity index is 1.45. The molecule has 1 fully saturated rings. The molecule has 0 aliphatic carbocycles. The fraction of sp³-hybridized carbons (Fsp3) is 0.400. The Bertz CT molecular complexity index is 761. The van der Waals surface area contributed by atoms with Crippen molar-refractivity contribution in [2.45, 2.75) is 32.9 Å². The third kappa shape index (κ3) is 4.52. The number of carbonyl (C=O) groups is 2. The molecule has 0 atom stereocenters. The van der Waals surface area contributed by atoms with E-state index in [1.54, 1.807) is 6.92 Å². The van der Waals surface area contributed by atoms with Crippen LogP contribution in [0.25, 0.3) is 0 Å². The highest BCUT2D eigenvalue weighted by atomic mass is 16.4. The van der Waals surface area contributed by atoms with Crippen molar-refractivity contribution in [2.24, 2.45) is 5.92 Å². The predicted octanol–water partition coefficient (Wildman–Crippen LogP) is 2.81. The molecule has 1 aliphatic heterocycles. The zero-order valence-corrected chi connectivity index (χ0v) is 14.9. The quantitative estimate of drug-likeness (QED) is 0.832. The first-order valence-corrected chi connectivity index (χ1v) is 8.89. The minimum absolute atomic E-state index is 0.00275. The highest BCUT2D eigenvalue weighted by Gasteiger charge is 2.25. The molecule has 0 saturated carbocycles. The van der Waals surface area contributed by atoms with Gasteiger partial charge in [-0.1, -0.05) is 30.3 Å². The van der Waals surface area contributed by atoms with Gasteiger partial charge in [-0.3, -0.25) is 9.69 Å². The highest BCUT2D eigenvalue weighted by Crippen LogP contribution is 2.20. The number of piperidine rings is 1. The minimum atomic E-state index is -1.02. The number of hydrogen-bond acceptors (Lipinski definition) is 4. The van der Waals surface area contributed by atoms with Crippen LogP contribution < -0.4 is 5.32 Å². The zero-order valence-electron chi connectivity index (χ0n) is 14.9. The Kier molecular flexibility index (Phi) is 5.73. The number of hydrogen-bond donors (Lipinski definition) is 2. The van der Waals surface area contributed by atoms with Crippen LogP contribution in [0.4, 0.5) is 0 Å². The van der Waals surface area contributed by atoms with Crippen molar-refractivity contribution in [3.63, 3.8) is 0 Å². The molecule has 2 N–H and O–H groups in total. The number of amides is 1. The molecule has 0 radical (unpaired) electrons. The van der Waals surface area contributed by atoms with Crippen molar-refractivity contribution in [3.05, 3.63) is 59.0 Å². The molecule has 1 aromatic carbocycles. The molecule has 138 valence electrons. The first-order chi connectivity index (χ1) is 12.5. The van der Waals surface area contributed by atoms with Crippen molar-refractivity contribution in [3.8, 4) is 0 Å². The van der Waals surface area contributed by atoms with Crippen LogP contribution in [-0.2, 0) is 17.9 Å². The second-order valence-electron chi connectivity index (χ2n) is 6.74. The Morgan fingerprint density at radius 3 is 2.54 bits per heavy atom. The third-order valence-electron chi connectivity index (χ3n) is 4.84. The lowest BCUT2D eigenvalue weighted by Crippen LogP contribution is -2.40. The van der Waals surface area contributed by atoms with E-state index in [9.17, 15) is 9.59 Å². The van der Waals surface area contributed by atoms with Gasteiger partial charge in [0.15, 0.2) is 0 Å². The van der Waals surface area contributed by atoms with Crippen LogP contribution in [0.2, 0.25) is 0 Å². The average molecular weight is 356 g/mol. The van der Waals surface area contributed by atoms with Gasteiger partial charge in [0.25, 0.3) is 0 Å². The predicted molar refractivity (Wildman–Crippen MR) is 96.7 cm³/mol. The molecule has 2 heterocycles. The van der Waals surface area contributed by atoms with Gasteiger partial charge in [0.2, 0.25) is 5.91 Å². The van der Waals surface area contributed by atoms with Gasteiger partial charge < -0.3 is 14.8 Å². The maximum atomic E-state index is 12.4. The van der Waals surface area contributed by atoms with E-state index >= 15 is 0 Å². The van der Waals surface area contributed by atoms with Crippen LogP contribution in [-0.4, -0.2) is 35.0 Å². The first kappa shape index (κ1) is 18.2. The van der Waals surface area contributed by atoms with Crippen LogP contribution in [0.5, 0.6) is 0 Å². The van der Waals surface area contributed by atoms with E-state index in [4.69, 9.17) is 9.52 Å². The molecule has 3 rings (SSSR count). The molecule has 0 spiro atoms. The number of carboxylic acids is 1. The zero-order chi connectivity index (χ0) is 18.5. The lowest BCUT2D eigenvalue weighted by molar-refractivity contribution is -0.126. The van der Waals surface area contributed by atoms with Crippen LogP contribution >= 0.6 is 0 Å². The molecular formula is C20H24N2O4. The number of benzene rings is 1. The molecule has 6 heteroatoms. The highest BCUT2D eigenvalue weighted by molar-refractivity contribution is 5.88. The number of carboxylic acid groups (broad SMARTS) is 1. The summed E-state index contributed by atoms with van der Waals surface area (Å²) in [6.07, 6.45) is 1.66. The monoisotopic (exact) mass is 356 g/mol. The second-order valence-corrected chi connectivity index (χ2v) is 6.74. The van der Waals surface area contributed by atoms with Gasteiger partial charge in [-0.05, 0) is 44.5 Å².